The van der Waals surface area contributed by atoms with Crippen LogP contribution in [-0.4, -0.2) is 35.8 Å². The minimum atomic E-state index is -4.70. The molecule has 2 aromatic rings. The molecule has 1 aromatic heterocycles. The number of carbonyl (C=O) groups excluding carboxylic acids is 1. The lowest BCUT2D eigenvalue weighted by Gasteiger charge is -2.14. The van der Waals surface area contributed by atoms with E-state index < -0.39 is 23.3 Å². The second-order valence-electron chi connectivity index (χ2n) is 4.96. The maximum absolute atomic E-state index is 13.5. The van der Waals surface area contributed by atoms with Crippen molar-refractivity contribution in [2.24, 2.45) is 0 Å². The molecular weight excluding hydrogens is 309 g/mol. The molecule has 0 saturated carbocycles. The van der Waals surface area contributed by atoms with Crippen LogP contribution in [0.4, 0.5) is 13.2 Å². The number of amides is 1. The summed E-state index contributed by atoms with van der Waals surface area (Å²) in [5, 5.41) is 9.02. The highest BCUT2D eigenvalue weighted by Gasteiger charge is 2.40. The first kappa shape index (κ1) is 17.0. The van der Waals surface area contributed by atoms with Gasteiger partial charge in [0, 0.05) is 13.1 Å². The van der Waals surface area contributed by atoms with Crippen molar-refractivity contribution in [3.8, 4) is 5.69 Å². The zero-order valence-electron chi connectivity index (χ0n) is 12.7. The predicted octanol–water partition coefficient (Wildman–Crippen LogP) is 2.15. The number of nitrogens with zero attached hydrogens (tertiary/aromatic N) is 2. The first-order valence-corrected chi connectivity index (χ1v) is 7.00. The van der Waals surface area contributed by atoms with Crippen molar-refractivity contribution in [3.63, 3.8) is 0 Å². The first-order valence-electron chi connectivity index (χ1n) is 7.00. The second kappa shape index (κ2) is 6.82. The summed E-state index contributed by atoms with van der Waals surface area (Å²) in [6.07, 6.45) is -3.75. The molecule has 124 valence electrons. The van der Waals surface area contributed by atoms with Gasteiger partial charge in [0.2, 0.25) is 0 Å². The lowest BCUT2D eigenvalue weighted by atomic mass is 10.1. The average Bonchev–Trinajstić information content (AvgIpc) is 2.93. The van der Waals surface area contributed by atoms with Crippen LogP contribution < -0.4 is 10.6 Å². The molecular formula is C15H17F3N4O. The number of alkyl halides is 3. The van der Waals surface area contributed by atoms with Crippen LogP contribution in [0.3, 0.4) is 0 Å². The SMILES string of the molecule is CNCCNC(=O)c1cnn(-c2ccccc2C)c1C(F)(F)F. The molecule has 0 bridgehead atoms. The smallest absolute Gasteiger partial charge is 0.351 e. The Hall–Kier alpha value is -2.35. The molecule has 1 aromatic carbocycles. The van der Waals surface area contributed by atoms with Crippen LogP contribution >= 0.6 is 0 Å². The molecule has 0 aliphatic heterocycles. The summed E-state index contributed by atoms with van der Waals surface area (Å²) in [7, 11) is 1.68. The number of aryl methyl sites for hydroxylation is 1. The molecule has 0 fully saturated rings. The van der Waals surface area contributed by atoms with E-state index in [2.05, 4.69) is 15.7 Å². The van der Waals surface area contributed by atoms with E-state index in [0.29, 0.717) is 12.1 Å². The third-order valence-corrected chi connectivity index (χ3v) is 3.29. The number of hydrogen-bond donors (Lipinski definition) is 2. The number of likely N-dealkylation sites (N-methyl/N-ethyl adjacent to an activating group) is 1. The van der Waals surface area contributed by atoms with Crippen LogP contribution in [0.2, 0.25) is 0 Å². The van der Waals surface area contributed by atoms with Gasteiger partial charge < -0.3 is 10.6 Å². The topological polar surface area (TPSA) is 58.9 Å². The molecule has 0 unspecified atom stereocenters. The molecule has 0 saturated heterocycles. The highest BCUT2D eigenvalue weighted by Crippen LogP contribution is 2.34. The maximum atomic E-state index is 13.5. The van der Waals surface area contributed by atoms with Gasteiger partial charge in [0.05, 0.1) is 17.4 Å². The zero-order valence-corrected chi connectivity index (χ0v) is 12.7. The minimum absolute atomic E-state index is 0.224. The molecule has 1 heterocycles. The highest BCUT2D eigenvalue weighted by molar-refractivity contribution is 5.95. The van der Waals surface area contributed by atoms with Crippen molar-refractivity contribution >= 4 is 5.91 Å². The molecule has 0 aliphatic rings. The molecule has 2 rings (SSSR count). The lowest BCUT2D eigenvalue weighted by molar-refractivity contribution is -0.143. The summed E-state index contributed by atoms with van der Waals surface area (Å²) in [5.41, 5.74) is -0.650. The van der Waals surface area contributed by atoms with E-state index in [4.69, 9.17) is 0 Å². The van der Waals surface area contributed by atoms with Gasteiger partial charge in [-0.25, -0.2) is 4.68 Å². The number of nitrogens with one attached hydrogen (secondary N) is 2. The predicted molar refractivity (Wildman–Crippen MR) is 79.6 cm³/mol. The molecule has 8 heteroatoms. The molecule has 23 heavy (non-hydrogen) atoms. The lowest BCUT2D eigenvalue weighted by Crippen LogP contribution is -2.31. The number of halogens is 3. The van der Waals surface area contributed by atoms with E-state index in [0.717, 1.165) is 10.9 Å². The van der Waals surface area contributed by atoms with Crippen LogP contribution in [-0.2, 0) is 6.18 Å². The minimum Gasteiger partial charge on any atom is -0.351 e. The Morgan fingerprint density at radius 3 is 2.57 bits per heavy atom. The van der Waals surface area contributed by atoms with Crippen LogP contribution in [0.15, 0.2) is 30.5 Å². The number of para-hydroxylation sites is 1. The largest absolute Gasteiger partial charge is 0.434 e. The van der Waals surface area contributed by atoms with E-state index in [9.17, 15) is 18.0 Å². The van der Waals surface area contributed by atoms with Gasteiger partial charge in [0.25, 0.3) is 5.91 Å². The van der Waals surface area contributed by atoms with Crippen LogP contribution in [0.5, 0.6) is 0 Å². The molecule has 0 radical (unpaired) electrons. The van der Waals surface area contributed by atoms with Crippen molar-refractivity contribution in [1.82, 2.24) is 20.4 Å². The molecule has 0 atom stereocenters. The number of benzene rings is 1. The molecule has 2 N–H and O–H groups in total. The van der Waals surface area contributed by atoms with E-state index >= 15 is 0 Å². The van der Waals surface area contributed by atoms with Gasteiger partial charge in [-0.2, -0.15) is 18.3 Å². The molecule has 5 nitrogen and oxygen atoms in total. The summed E-state index contributed by atoms with van der Waals surface area (Å²) in [6, 6.07) is 6.56. The monoisotopic (exact) mass is 326 g/mol. The summed E-state index contributed by atoms with van der Waals surface area (Å²) in [4.78, 5) is 12.0. The van der Waals surface area contributed by atoms with E-state index in [-0.39, 0.29) is 12.2 Å². The van der Waals surface area contributed by atoms with Crippen LogP contribution in [0.25, 0.3) is 5.69 Å². The van der Waals surface area contributed by atoms with Crippen molar-refractivity contribution in [2.75, 3.05) is 20.1 Å². The van der Waals surface area contributed by atoms with Gasteiger partial charge in [-0.05, 0) is 25.6 Å². The second-order valence-corrected chi connectivity index (χ2v) is 4.96. The summed E-state index contributed by atoms with van der Waals surface area (Å²) in [6.45, 7) is 2.37. The zero-order chi connectivity index (χ0) is 17.0. The van der Waals surface area contributed by atoms with Gasteiger partial charge in [-0.15, -0.1) is 0 Å². The van der Waals surface area contributed by atoms with Gasteiger partial charge in [-0.1, -0.05) is 18.2 Å². The molecule has 0 aliphatic carbocycles. The van der Waals surface area contributed by atoms with Gasteiger partial charge in [0.15, 0.2) is 5.69 Å². The first-order chi connectivity index (χ1) is 10.9. The number of carbonyl (C=O) groups is 1. The Labute approximate surface area is 131 Å². The van der Waals surface area contributed by atoms with Gasteiger partial charge in [-0.3, -0.25) is 4.79 Å². The fourth-order valence-electron chi connectivity index (χ4n) is 2.17. The highest BCUT2D eigenvalue weighted by atomic mass is 19.4. The quantitative estimate of drug-likeness (QED) is 0.828. The van der Waals surface area contributed by atoms with Crippen LogP contribution in [0, 0.1) is 6.92 Å². The van der Waals surface area contributed by atoms with Crippen molar-refractivity contribution in [2.45, 2.75) is 13.1 Å². The normalized spacial score (nSPS) is 11.5. The van der Waals surface area contributed by atoms with Crippen molar-refractivity contribution in [3.05, 3.63) is 47.3 Å². The summed E-state index contributed by atoms with van der Waals surface area (Å²) < 4.78 is 41.1. The van der Waals surface area contributed by atoms with Crippen LogP contribution in [0.1, 0.15) is 21.6 Å². The molecule has 1 amide bonds. The van der Waals surface area contributed by atoms with Gasteiger partial charge in [0.1, 0.15) is 0 Å². The summed E-state index contributed by atoms with van der Waals surface area (Å²) >= 11 is 0. The Kier molecular flexibility index (Phi) is 5.05. The van der Waals surface area contributed by atoms with Crippen molar-refractivity contribution in [1.29, 1.82) is 0 Å². The Bertz CT molecular complexity index is 694. The van der Waals surface area contributed by atoms with Gasteiger partial charge >= 0.3 is 6.18 Å². The fraction of sp³-hybridized carbons (Fsp3) is 0.333. The number of aromatic nitrogens is 2. The maximum Gasteiger partial charge on any atom is 0.434 e. The van der Waals surface area contributed by atoms with Crippen molar-refractivity contribution < 1.29 is 18.0 Å². The van der Waals surface area contributed by atoms with E-state index in [1.54, 1.807) is 32.2 Å². The Morgan fingerprint density at radius 1 is 1.26 bits per heavy atom. The summed E-state index contributed by atoms with van der Waals surface area (Å²) in [5.74, 6) is -0.799. The average molecular weight is 326 g/mol. The standard InChI is InChI=1S/C15H17F3N4O/c1-10-5-3-4-6-12(10)22-13(15(16,17)18)11(9-21-22)14(23)20-8-7-19-2/h3-6,9,19H,7-8H2,1-2H3,(H,20,23). The molecule has 0 spiro atoms. The third kappa shape index (κ3) is 3.70. The Balaban J connectivity index is 2.46. The third-order valence-electron chi connectivity index (χ3n) is 3.29. The number of hydrogen-bond acceptors (Lipinski definition) is 3. The Morgan fingerprint density at radius 2 is 1.96 bits per heavy atom. The van der Waals surface area contributed by atoms with E-state index in [1.165, 1.54) is 6.07 Å². The fourth-order valence-corrected chi connectivity index (χ4v) is 2.17. The van der Waals surface area contributed by atoms with E-state index in [1.807, 2.05) is 0 Å². The number of rotatable bonds is 5.